The molecule has 0 radical (unpaired) electrons. The molecule has 0 unspecified atom stereocenters. The largest absolute Gasteiger partial charge is 0.493 e. The zero-order chi connectivity index (χ0) is 14.8. The molecule has 0 atom stereocenters. The summed E-state index contributed by atoms with van der Waals surface area (Å²) in [7, 11) is 0. The molecule has 0 aliphatic rings. The summed E-state index contributed by atoms with van der Waals surface area (Å²) in [5, 5.41) is 12.9. The van der Waals surface area contributed by atoms with Crippen molar-refractivity contribution >= 4 is 27.6 Å². The fraction of sp³-hybridized carbons (Fsp3) is 0.462. The Bertz CT molecular complexity index is 619. The van der Waals surface area contributed by atoms with Crippen LogP contribution in [0.2, 0.25) is 0 Å². The molecule has 20 heavy (non-hydrogen) atoms. The maximum absolute atomic E-state index is 11.5. The lowest BCUT2D eigenvalue weighted by Crippen LogP contribution is -2.33. The lowest BCUT2D eigenvalue weighted by Gasteiger charge is -2.19. The minimum absolute atomic E-state index is 0.0161. The molecule has 0 aliphatic carbocycles. The molecule has 0 saturated heterocycles. The van der Waals surface area contributed by atoms with Crippen LogP contribution in [0.3, 0.4) is 0 Å². The third kappa shape index (κ3) is 3.80. The van der Waals surface area contributed by atoms with Crippen molar-refractivity contribution < 1.29 is 14.6 Å². The first-order chi connectivity index (χ1) is 9.35. The topological polar surface area (TPSA) is 84.3 Å². The number of rotatable bonds is 3. The number of hydrogen-bond donors (Lipinski definition) is 2. The molecule has 0 spiro atoms. The Morgan fingerprint density at radius 3 is 2.85 bits per heavy atom. The molecular weight excluding hydrogens is 278 g/mol. The number of thiophene rings is 1. The number of carbonyl (C=O) groups is 1. The maximum Gasteiger partial charge on any atom is 0.407 e. The second-order valence-electron chi connectivity index (χ2n) is 5.31. The molecular formula is C13H17N3O3S. The average Bonchev–Trinajstić information content (AvgIpc) is 2.71. The lowest BCUT2D eigenvalue weighted by atomic mass is 10.2. The van der Waals surface area contributed by atoms with E-state index >= 15 is 0 Å². The van der Waals surface area contributed by atoms with E-state index in [-0.39, 0.29) is 5.88 Å². The monoisotopic (exact) mass is 295 g/mol. The highest BCUT2D eigenvalue weighted by Gasteiger charge is 2.15. The van der Waals surface area contributed by atoms with Crippen LogP contribution in [0.4, 0.5) is 4.79 Å². The second kappa shape index (κ2) is 5.62. The van der Waals surface area contributed by atoms with E-state index in [1.807, 2.05) is 26.8 Å². The van der Waals surface area contributed by atoms with Crippen LogP contribution in [0.15, 0.2) is 12.4 Å². The first-order valence-electron chi connectivity index (χ1n) is 6.24. The molecule has 0 bridgehead atoms. The van der Waals surface area contributed by atoms with Gasteiger partial charge in [0.25, 0.3) is 0 Å². The van der Waals surface area contributed by atoms with Gasteiger partial charge in [-0.25, -0.2) is 14.8 Å². The van der Waals surface area contributed by atoms with Crippen LogP contribution in [0, 0.1) is 0 Å². The van der Waals surface area contributed by atoms with Gasteiger partial charge in [-0.1, -0.05) is 0 Å². The van der Waals surface area contributed by atoms with Crippen LogP contribution in [-0.2, 0) is 11.2 Å². The molecule has 2 rings (SSSR count). The number of aromatic hydroxyl groups is 1. The van der Waals surface area contributed by atoms with Crippen LogP contribution < -0.4 is 5.32 Å². The van der Waals surface area contributed by atoms with Gasteiger partial charge in [-0.05, 0) is 33.3 Å². The standard InChI is InChI=1S/C13H17N3O3S/c1-13(2,3)19-12(18)14-5-4-8-6-9-10(17)15-7-16-11(9)20-8/h6-7H,4-5H2,1-3H3,(H,14,18)(H,15,16,17). The highest BCUT2D eigenvalue weighted by atomic mass is 32.1. The molecule has 2 N–H and O–H groups in total. The second-order valence-corrected chi connectivity index (χ2v) is 6.42. The fourth-order valence-corrected chi connectivity index (χ4v) is 2.61. The van der Waals surface area contributed by atoms with Crippen LogP contribution >= 0.6 is 11.3 Å². The first kappa shape index (κ1) is 14.5. The van der Waals surface area contributed by atoms with E-state index in [4.69, 9.17) is 4.74 Å². The number of nitrogens with zero attached hydrogens (tertiary/aromatic N) is 2. The van der Waals surface area contributed by atoms with Gasteiger partial charge in [-0.15, -0.1) is 11.3 Å². The zero-order valence-electron chi connectivity index (χ0n) is 11.6. The smallest absolute Gasteiger partial charge is 0.407 e. The van der Waals surface area contributed by atoms with Crippen LogP contribution in [0.1, 0.15) is 25.6 Å². The van der Waals surface area contributed by atoms with Gasteiger partial charge >= 0.3 is 6.09 Å². The summed E-state index contributed by atoms with van der Waals surface area (Å²) in [6.45, 7) is 5.93. The van der Waals surface area contributed by atoms with Crippen molar-refractivity contribution in [3.8, 4) is 5.88 Å². The van der Waals surface area contributed by atoms with Crippen LogP contribution in [0.25, 0.3) is 10.2 Å². The van der Waals surface area contributed by atoms with E-state index in [0.29, 0.717) is 18.4 Å². The molecule has 0 fully saturated rings. The first-order valence-corrected chi connectivity index (χ1v) is 7.06. The van der Waals surface area contributed by atoms with E-state index in [9.17, 15) is 9.90 Å². The Labute approximate surface area is 120 Å². The van der Waals surface area contributed by atoms with E-state index < -0.39 is 11.7 Å². The summed E-state index contributed by atoms with van der Waals surface area (Å²) in [4.78, 5) is 21.1. The quantitative estimate of drug-likeness (QED) is 0.908. The molecule has 0 aliphatic heterocycles. The van der Waals surface area contributed by atoms with E-state index in [2.05, 4.69) is 15.3 Å². The highest BCUT2D eigenvalue weighted by molar-refractivity contribution is 7.18. The summed E-state index contributed by atoms with van der Waals surface area (Å²) in [5.74, 6) is -0.0161. The maximum atomic E-state index is 11.5. The Balaban J connectivity index is 1.90. The predicted molar refractivity (Wildman–Crippen MR) is 77.0 cm³/mol. The van der Waals surface area contributed by atoms with E-state index in [0.717, 1.165) is 9.71 Å². The minimum Gasteiger partial charge on any atom is -0.493 e. The van der Waals surface area contributed by atoms with E-state index in [1.54, 1.807) is 0 Å². The fourth-order valence-electron chi connectivity index (χ4n) is 1.62. The van der Waals surface area contributed by atoms with Crippen molar-refractivity contribution in [2.24, 2.45) is 0 Å². The molecule has 108 valence electrons. The molecule has 0 aromatic carbocycles. The number of carbonyl (C=O) groups excluding carboxylic acids is 1. The molecule has 6 nitrogen and oxygen atoms in total. The van der Waals surface area contributed by atoms with Gasteiger partial charge in [0.15, 0.2) is 0 Å². The Kier molecular flexibility index (Phi) is 4.08. The summed E-state index contributed by atoms with van der Waals surface area (Å²) in [6.07, 6.45) is 1.55. The van der Waals surface area contributed by atoms with Crippen molar-refractivity contribution in [1.82, 2.24) is 15.3 Å². The average molecular weight is 295 g/mol. The number of aromatic nitrogens is 2. The van der Waals surface area contributed by atoms with Gasteiger partial charge < -0.3 is 15.2 Å². The number of ether oxygens (including phenoxy) is 1. The molecule has 7 heteroatoms. The summed E-state index contributed by atoms with van der Waals surface area (Å²) >= 11 is 1.47. The zero-order valence-corrected chi connectivity index (χ0v) is 12.5. The Hall–Kier alpha value is -1.89. The van der Waals surface area contributed by atoms with Gasteiger partial charge in [0.2, 0.25) is 5.88 Å². The van der Waals surface area contributed by atoms with Gasteiger partial charge in [0.1, 0.15) is 16.8 Å². The summed E-state index contributed by atoms with van der Waals surface area (Å²) in [5.41, 5.74) is -0.497. The number of alkyl carbamates (subject to hydrolysis) is 1. The number of nitrogens with one attached hydrogen (secondary N) is 1. The van der Waals surface area contributed by atoms with Crippen molar-refractivity contribution in [2.75, 3.05) is 6.54 Å². The van der Waals surface area contributed by atoms with Crippen molar-refractivity contribution in [3.05, 3.63) is 17.3 Å². The molecule has 2 aromatic rings. The Morgan fingerprint density at radius 1 is 1.45 bits per heavy atom. The Morgan fingerprint density at radius 2 is 2.20 bits per heavy atom. The van der Waals surface area contributed by atoms with Crippen molar-refractivity contribution in [1.29, 1.82) is 0 Å². The third-order valence-corrected chi connectivity index (χ3v) is 3.50. The summed E-state index contributed by atoms with van der Waals surface area (Å²) in [6, 6.07) is 1.84. The predicted octanol–water partition coefficient (Wildman–Crippen LogP) is 2.46. The third-order valence-electron chi connectivity index (χ3n) is 2.40. The SMILES string of the molecule is CC(C)(C)OC(=O)NCCc1cc2c(O)ncnc2s1. The van der Waals surface area contributed by atoms with Crippen LogP contribution in [-0.4, -0.2) is 33.3 Å². The normalized spacial score (nSPS) is 11.6. The van der Waals surface area contributed by atoms with Crippen molar-refractivity contribution in [2.45, 2.75) is 32.8 Å². The number of fused-ring (bicyclic) bond motifs is 1. The number of amides is 1. The molecule has 1 amide bonds. The molecule has 2 aromatic heterocycles. The number of hydrogen-bond acceptors (Lipinski definition) is 6. The lowest BCUT2D eigenvalue weighted by molar-refractivity contribution is 0.0528. The van der Waals surface area contributed by atoms with Gasteiger partial charge in [0, 0.05) is 11.4 Å². The minimum atomic E-state index is -0.497. The molecule has 2 heterocycles. The van der Waals surface area contributed by atoms with Gasteiger partial charge in [-0.2, -0.15) is 0 Å². The van der Waals surface area contributed by atoms with Gasteiger partial charge in [-0.3, -0.25) is 0 Å². The van der Waals surface area contributed by atoms with Crippen molar-refractivity contribution in [3.63, 3.8) is 0 Å². The van der Waals surface area contributed by atoms with Crippen LogP contribution in [0.5, 0.6) is 5.88 Å². The highest BCUT2D eigenvalue weighted by Crippen LogP contribution is 2.28. The molecule has 0 saturated carbocycles. The summed E-state index contributed by atoms with van der Waals surface area (Å²) < 4.78 is 5.14. The van der Waals surface area contributed by atoms with E-state index in [1.165, 1.54) is 17.7 Å². The van der Waals surface area contributed by atoms with Gasteiger partial charge in [0.05, 0.1) is 5.39 Å².